The van der Waals surface area contributed by atoms with E-state index in [2.05, 4.69) is 0 Å². The predicted octanol–water partition coefficient (Wildman–Crippen LogP) is 4.93. The molecule has 11 atom stereocenters. The van der Waals surface area contributed by atoms with Gasteiger partial charge < -0.3 is 33.7 Å². The third-order valence-electron chi connectivity index (χ3n) is 10.3. The van der Waals surface area contributed by atoms with Crippen LogP contribution in [0.25, 0.3) is 0 Å². The third kappa shape index (κ3) is 9.24. The zero-order valence-corrected chi connectivity index (χ0v) is 31.1. The SMILES string of the molecule is CC[C@H]1OC(=O)[C@H](C)C(=O)[C@H](C)[C@@H](OC2O[C@H](C)C[C@H](N(C)C)[C@H]2OC(=O)c2ccccc2)[C@@](C)(OC)C[C@@H](C)C(=O)/C(C)=C/[C@@]1(O)CC. The van der Waals surface area contributed by atoms with Crippen LogP contribution in [0.3, 0.4) is 0 Å². The summed E-state index contributed by atoms with van der Waals surface area (Å²) in [4.78, 5) is 56.8. The number of benzene rings is 1. The molecular weight excluding hydrogens is 630 g/mol. The van der Waals surface area contributed by atoms with Gasteiger partial charge in [0.25, 0.3) is 0 Å². The molecule has 3 rings (SSSR count). The van der Waals surface area contributed by atoms with Crippen LogP contribution in [0.2, 0.25) is 0 Å². The molecule has 2 heterocycles. The number of hydrogen-bond donors (Lipinski definition) is 1. The monoisotopic (exact) mass is 687 g/mol. The molecule has 0 aliphatic carbocycles. The van der Waals surface area contributed by atoms with E-state index < -0.39 is 71.3 Å². The highest BCUT2D eigenvalue weighted by molar-refractivity contribution is 6.00. The van der Waals surface area contributed by atoms with Crippen molar-refractivity contribution >= 4 is 23.5 Å². The molecular formula is C38H57NO10. The Morgan fingerprint density at radius 1 is 1.06 bits per heavy atom. The van der Waals surface area contributed by atoms with Crippen LogP contribution in [-0.4, -0.2) is 103 Å². The highest BCUT2D eigenvalue weighted by Gasteiger charge is 2.51. The van der Waals surface area contributed by atoms with E-state index in [9.17, 15) is 24.3 Å². The topological polar surface area (TPSA) is 138 Å². The van der Waals surface area contributed by atoms with Gasteiger partial charge in [0, 0.05) is 18.9 Å². The molecule has 0 amide bonds. The maximum Gasteiger partial charge on any atom is 0.338 e. The molecule has 1 aromatic carbocycles. The number of carbonyl (C=O) groups is 4. The Balaban J connectivity index is 2.13. The molecule has 0 saturated carbocycles. The molecule has 1 N–H and O–H groups in total. The van der Waals surface area contributed by atoms with Crippen molar-refractivity contribution in [1.29, 1.82) is 0 Å². The molecule has 274 valence electrons. The van der Waals surface area contributed by atoms with E-state index in [1.807, 2.05) is 25.9 Å². The van der Waals surface area contributed by atoms with Gasteiger partial charge in [-0.25, -0.2) is 4.79 Å². The van der Waals surface area contributed by atoms with Gasteiger partial charge in [-0.15, -0.1) is 0 Å². The first-order chi connectivity index (χ1) is 22.9. The van der Waals surface area contributed by atoms with Gasteiger partial charge in [0.15, 0.2) is 24.0 Å². The fourth-order valence-corrected chi connectivity index (χ4v) is 7.18. The maximum absolute atomic E-state index is 14.2. The number of aliphatic hydroxyl groups is 1. The Labute approximate surface area is 291 Å². The molecule has 2 aliphatic rings. The minimum absolute atomic E-state index is 0.129. The van der Waals surface area contributed by atoms with Crippen molar-refractivity contribution in [2.45, 2.75) is 129 Å². The van der Waals surface area contributed by atoms with E-state index in [4.69, 9.17) is 23.7 Å². The normalized spacial score (nSPS) is 37.9. The number of likely N-dealkylation sites (N-methyl/N-ethyl adjacent to an activating group) is 1. The van der Waals surface area contributed by atoms with Crippen LogP contribution in [0.5, 0.6) is 0 Å². The lowest BCUT2D eigenvalue weighted by Crippen LogP contribution is -2.60. The van der Waals surface area contributed by atoms with Crippen molar-refractivity contribution in [3.8, 4) is 0 Å². The van der Waals surface area contributed by atoms with E-state index in [0.717, 1.165) is 0 Å². The molecule has 11 heteroatoms. The lowest BCUT2D eigenvalue weighted by atomic mass is 9.76. The smallest absolute Gasteiger partial charge is 0.338 e. The van der Waals surface area contributed by atoms with Gasteiger partial charge in [-0.3, -0.25) is 14.4 Å². The van der Waals surface area contributed by atoms with Crippen LogP contribution in [0.4, 0.5) is 0 Å². The van der Waals surface area contributed by atoms with Gasteiger partial charge in [0.2, 0.25) is 0 Å². The summed E-state index contributed by atoms with van der Waals surface area (Å²) in [5.41, 5.74) is -2.19. The molecule has 1 saturated heterocycles. The lowest BCUT2D eigenvalue weighted by molar-refractivity contribution is -0.294. The molecule has 0 aromatic heterocycles. The van der Waals surface area contributed by atoms with Crippen LogP contribution < -0.4 is 0 Å². The van der Waals surface area contributed by atoms with Gasteiger partial charge in [-0.05, 0) is 91.3 Å². The summed E-state index contributed by atoms with van der Waals surface area (Å²) in [6.07, 6.45) is -1.78. The van der Waals surface area contributed by atoms with Gasteiger partial charge >= 0.3 is 11.9 Å². The second kappa shape index (κ2) is 16.8. The average Bonchev–Trinajstić information content (AvgIpc) is 3.08. The van der Waals surface area contributed by atoms with Crippen molar-refractivity contribution in [2.24, 2.45) is 17.8 Å². The second-order valence-corrected chi connectivity index (χ2v) is 14.3. The molecule has 1 fully saturated rings. The van der Waals surface area contributed by atoms with Crippen molar-refractivity contribution in [2.75, 3.05) is 21.2 Å². The van der Waals surface area contributed by atoms with E-state index in [1.54, 1.807) is 71.9 Å². The summed E-state index contributed by atoms with van der Waals surface area (Å²) < 4.78 is 31.1. The van der Waals surface area contributed by atoms with Crippen molar-refractivity contribution in [3.63, 3.8) is 0 Å². The summed E-state index contributed by atoms with van der Waals surface area (Å²) >= 11 is 0. The maximum atomic E-state index is 14.2. The first-order valence-electron chi connectivity index (χ1n) is 17.4. The number of Topliss-reactive ketones (excluding diaryl/α,β-unsaturated/α-hetero) is 2. The van der Waals surface area contributed by atoms with E-state index in [0.29, 0.717) is 17.6 Å². The largest absolute Gasteiger partial charge is 0.458 e. The van der Waals surface area contributed by atoms with Crippen LogP contribution in [0.15, 0.2) is 42.0 Å². The first-order valence-corrected chi connectivity index (χ1v) is 17.4. The van der Waals surface area contributed by atoms with Gasteiger partial charge in [0.1, 0.15) is 17.6 Å². The van der Waals surface area contributed by atoms with Gasteiger partial charge in [-0.2, -0.15) is 0 Å². The van der Waals surface area contributed by atoms with E-state index >= 15 is 0 Å². The van der Waals surface area contributed by atoms with Crippen LogP contribution >= 0.6 is 0 Å². The van der Waals surface area contributed by atoms with Gasteiger partial charge in [-0.1, -0.05) is 45.9 Å². The minimum Gasteiger partial charge on any atom is -0.458 e. The van der Waals surface area contributed by atoms with Crippen molar-refractivity contribution in [1.82, 2.24) is 4.90 Å². The zero-order chi connectivity index (χ0) is 36.8. The van der Waals surface area contributed by atoms with Gasteiger partial charge in [0.05, 0.1) is 29.4 Å². The number of cyclic esters (lactones) is 1. The summed E-state index contributed by atoms with van der Waals surface area (Å²) in [6, 6.07) is 8.32. The highest BCUT2D eigenvalue weighted by Crippen LogP contribution is 2.38. The number of carbonyl (C=O) groups excluding carboxylic acids is 4. The Bertz CT molecular complexity index is 1350. The Kier molecular flexibility index (Phi) is 13.9. The molecule has 49 heavy (non-hydrogen) atoms. The zero-order valence-electron chi connectivity index (χ0n) is 31.1. The summed E-state index contributed by atoms with van der Waals surface area (Å²) in [5, 5.41) is 11.6. The highest BCUT2D eigenvalue weighted by atomic mass is 16.7. The molecule has 2 aliphatic heterocycles. The molecule has 11 nitrogen and oxygen atoms in total. The van der Waals surface area contributed by atoms with Crippen molar-refractivity contribution < 1.29 is 48.0 Å². The van der Waals surface area contributed by atoms with E-state index in [-0.39, 0.29) is 37.2 Å². The number of ether oxygens (including phenoxy) is 5. The molecule has 0 bridgehead atoms. The summed E-state index contributed by atoms with van der Waals surface area (Å²) in [6.45, 7) is 13.7. The summed E-state index contributed by atoms with van der Waals surface area (Å²) in [5.74, 6) is -4.84. The Morgan fingerprint density at radius 3 is 2.24 bits per heavy atom. The number of allylic oxidation sites excluding steroid dienone is 1. The minimum atomic E-state index is -1.61. The number of esters is 2. The molecule has 0 radical (unpaired) electrons. The predicted molar refractivity (Wildman–Crippen MR) is 184 cm³/mol. The first kappa shape index (κ1) is 40.5. The number of hydrogen-bond acceptors (Lipinski definition) is 11. The standard InChI is InChI=1S/C38H57NO10/c1-12-29-38(44,13-2)21-23(4)30(40)22(3)20-37(8,45-11)33(25(6)31(41)26(7)34(42)47-29)49-36-32(28(39(9)10)19-24(5)46-36)48-35(43)27-17-15-14-16-18-27/h14-18,21-22,24-26,28-29,32-33,36,44H,12-13,19-20H2,1-11H3/b23-21+/t22-,24-,25+,26-,28+,29-,32-,33-,36?,37+,38+/m1/s1. The molecule has 1 unspecified atom stereocenters. The fraction of sp³-hybridized carbons (Fsp3) is 0.684. The number of rotatable bonds is 8. The van der Waals surface area contributed by atoms with Crippen LogP contribution in [0, 0.1) is 17.8 Å². The fourth-order valence-electron chi connectivity index (χ4n) is 7.18. The quantitative estimate of drug-likeness (QED) is 0.294. The van der Waals surface area contributed by atoms with Crippen LogP contribution in [-0.2, 0) is 38.1 Å². The number of ketones is 2. The lowest BCUT2D eigenvalue weighted by Gasteiger charge is -2.47. The third-order valence-corrected chi connectivity index (χ3v) is 10.3. The number of methoxy groups -OCH3 is 1. The summed E-state index contributed by atoms with van der Waals surface area (Å²) in [7, 11) is 5.25. The molecule has 0 spiro atoms. The van der Waals surface area contributed by atoms with E-state index in [1.165, 1.54) is 20.1 Å². The average molecular weight is 688 g/mol. The second-order valence-electron chi connectivity index (χ2n) is 14.3. The van der Waals surface area contributed by atoms with Crippen molar-refractivity contribution in [3.05, 3.63) is 47.5 Å². The Hall–Kier alpha value is -2.96. The Morgan fingerprint density at radius 2 is 1.69 bits per heavy atom. The van der Waals surface area contributed by atoms with Crippen LogP contribution in [0.1, 0.15) is 91.4 Å². The molecule has 1 aromatic rings. The number of nitrogens with zero attached hydrogens (tertiary/aromatic N) is 1.